The quantitative estimate of drug-likeness (QED) is 0.849. The van der Waals surface area contributed by atoms with Crippen molar-refractivity contribution in [2.45, 2.75) is 39.3 Å². The van der Waals surface area contributed by atoms with Crippen LogP contribution < -0.4 is 5.32 Å². The minimum Gasteiger partial charge on any atom is -0.469 e. The highest BCUT2D eigenvalue weighted by Crippen LogP contribution is 2.19. The van der Waals surface area contributed by atoms with Gasteiger partial charge in [-0.15, -0.1) is 0 Å². The molecule has 1 aromatic rings. The van der Waals surface area contributed by atoms with Gasteiger partial charge in [0.1, 0.15) is 5.76 Å². The van der Waals surface area contributed by atoms with Gasteiger partial charge in [0.05, 0.1) is 11.8 Å². The molecule has 4 heteroatoms. The first-order valence-electron chi connectivity index (χ1n) is 6.24. The highest BCUT2D eigenvalue weighted by atomic mass is 16.3. The predicted molar refractivity (Wildman–Crippen MR) is 66.0 cm³/mol. The fourth-order valence-corrected chi connectivity index (χ4v) is 2.48. The lowest BCUT2D eigenvalue weighted by Crippen LogP contribution is -2.57. The number of amides is 1. The summed E-state index contributed by atoms with van der Waals surface area (Å²) in [5, 5.41) is 3.33. The van der Waals surface area contributed by atoms with Gasteiger partial charge in [-0.1, -0.05) is 6.92 Å². The van der Waals surface area contributed by atoms with Crippen LogP contribution in [-0.2, 0) is 6.42 Å². The van der Waals surface area contributed by atoms with Crippen molar-refractivity contribution >= 4 is 5.91 Å². The maximum absolute atomic E-state index is 12.5. The molecule has 1 aliphatic rings. The Labute approximate surface area is 102 Å². The summed E-state index contributed by atoms with van der Waals surface area (Å²) in [6.45, 7) is 7.86. The largest absolute Gasteiger partial charge is 0.469 e. The molecule has 17 heavy (non-hydrogen) atoms. The number of piperazine rings is 1. The lowest BCUT2D eigenvalue weighted by molar-refractivity contribution is 0.0542. The summed E-state index contributed by atoms with van der Waals surface area (Å²) in [5.41, 5.74) is 0.716. The number of hydrogen-bond donors (Lipinski definition) is 1. The summed E-state index contributed by atoms with van der Waals surface area (Å²) in [6.07, 6.45) is 2.35. The molecule has 1 amide bonds. The highest BCUT2D eigenvalue weighted by molar-refractivity contribution is 5.95. The lowest BCUT2D eigenvalue weighted by Gasteiger charge is -2.39. The van der Waals surface area contributed by atoms with E-state index in [-0.39, 0.29) is 18.0 Å². The summed E-state index contributed by atoms with van der Waals surface area (Å²) in [4.78, 5) is 14.5. The van der Waals surface area contributed by atoms with E-state index in [9.17, 15) is 4.79 Å². The van der Waals surface area contributed by atoms with E-state index in [1.54, 1.807) is 12.3 Å². The number of rotatable bonds is 2. The van der Waals surface area contributed by atoms with E-state index < -0.39 is 0 Å². The monoisotopic (exact) mass is 236 g/mol. The lowest BCUT2D eigenvalue weighted by atomic mass is 10.1. The molecule has 0 spiro atoms. The summed E-state index contributed by atoms with van der Waals surface area (Å²) >= 11 is 0. The Bertz CT molecular complexity index is 390. The third kappa shape index (κ3) is 2.22. The second-order valence-corrected chi connectivity index (χ2v) is 4.68. The molecule has 1 fully saturated rings. The highest BCUT2D eigenvalue weighted by Gasteiger charge is 2.31. The van der Waals surface area contributed by atoms with Crippen molar-refractivity contribution in [3.8, 4) is 0 Å². The van der Waals surface area contributed by atoms with Gasteiger partial charge in [-0.25, -0.2) is 0 Å². The molecular formula is C13H20N2O2. The first kappa shape index (κ1) is 12.2. The molecule has 2 rings (SSSR count). The van der Waals surface area contributed by atoms with Crippen LogP contribution in [0.1, 0.15) is 36.9 Å². The molecule has 1 N–H and O–H groups in total. The number of nitrogens with one attached hydrogen (secondary N) is 1. The van der Waals surface area contributed by atoms with Gasteiger partial charge < -0.3 is 14.6 Å². The Morgan fingerprint density at radius 3 is 2.71 bits per heavy atom. The minimum absolute atomic E-state index is 0.0945. The Hall–Kier alpha value is -1.29. The Morgan fingerprint density at radius 1 is 1.47 bits per heavy atom. The number of hydrogen-bond acceptors (Lipinski definition) is 3. The van der Waals surface area contributed by atoms with E-state index in [0.29, 0.717) is 5.56 Å². The van der Waals surface area contributed by atoms with E-state index in [4.69, 9.17) is 4.42 Å². The van der Waals surface area contributed by atoms with Gasteiger partial charge in [0.25, 0.3) is 5.91 Å². The molecule has 0 saturated carbocycles. The van der Waals surface area contributed by atoms with Gasteiger partial charge in [-0.2, -0.15) is 0 Å². The van der Waals surface area contributed by atoms with Crippen LogP contribution in [-0.4, -0.2) is 36.0 Å². The van der Waals surface area contributed by atoms with Crippen molar-refractivity contribution in [2.24, 2.45) is 0 Å². The molecule has 4 nitrogen and oxygen atoms in total. The maximum Gasteiger partial charge on any atom is 0.257 e. The average Bonchev–Trinajstić information content (AvgIpc) is 2.76. The van der Waals surface area contributed by atoms with Crippen molar-refractivity contribution in [1.29, 1.82) is 0 Å². The standard InChI is InChI=1S/C13H20N2O2/c1-4-12-11(5-6-17-12)13(16)15-9(2)7-14-8-10(15)3/h5-6,9-10,14H,4,7-8H2,1-3H3. The second-order valence-electron chi connectivity index (χ2n) is 4.68. The van der Waals surface area contributed by atoms with E-state index in [1.165, 1.54) is 0 Å². The Balaban J connectivity index is 2.24. The third-order valence-electron chi connectivity index (χ3n) is 3.36. The van der Waals surface area contributed by atoms with E-state index in [1.807, 2.05) is 11.8 Å². The van der Waals surface area contributed by atoms with Gasteiger partial charge >= 0.3 is 0 Å². The fraction of sp³-hybridized carbons (Fsp3) is 0.615. The Morgan fingerprint density at radius 2 is 2.12 bits per heavy atom. The van der Waals surface area contributed by atoms with Crippen LogP contribution in [0.5, 0.6) is 0 Å². The zero-order chi connectivity index (χ0) is 12.4. The topological polar surface area (TPSA) is 45.5 Å². The molecule has 1 aliphatic heterocycles. The molecule has 1 saturated heterocycles. The molecule has 2 atom stereocenters. The molecule has 0 aromatic carbocycles. The SMILES string of the molecule is CCc1occc1C(=O)N1C(C)CNCC1C. The second kappa shape index (κ2) is 4.92. The van der Waals surface area contributed by atoms with Crippen LogP contribution in [0.3, 0.4) is 0 Å². The zero-order valence-electron chi connectivity index (χ0n) is 10.7. The van der Waals surface area contributed by atoms with Crippen LogP contribution in [0, 0.1) is 0 Å². The van der Waals surface area contributed by atoms with Crippen molar-refractivity contribution in [1.82, 2.24) is 10.2 Å². The number of carbonyl (C=O) groups is 1. The Kier molecular flexibility index (Phi) is 3.52. The molecule has 0 aliphatic carbocycles. The molecule has 94 valence electrons. The number of nitrogens with zero attached hydrogens (tertiary/aromatic N) is 1. The van der Waals surface area contributed by atoms with Crippen LogP contribution in [0.4, 0.5) is 0 Å². The van der Waals surface area contributed by atoms with Gasteiger partial charge in [0.2, 0.25) is 0 Å². The van der Waals surface area contributed by atoms with Crippen molar-refractivity contribution in [3.05, 3.63) is 23.7 Å². The molecule has 0 radical (unpaired) electrons. The van der Waals surface area contributed by atoms with E-state index in [2.05, 4.69) is 19.2 Å². The third-order valence-corrected chi connectivity index (χ3v) is 3.36. The summed E-state index contributed by atoms with van der Waals surface area (Å²) in [7, 11) is 0. The average molecular weight is 236 g/mol. The zero-order valence-corrected chi connectivity index (χ0v) is 10.7. The van der Waals surface area contributed by atoms with Crippen molar-refractivity contribution < 1.29 is 9.21 Å². The molecule has 2 heterocycles. The van der Waals surface area contributed by atoms with E-state index in [0.717, 1.165) is 25.3 Å². The number of furan rings is 1. The fourth-order valence-electron chi connectivity index (χ4n) is 2.48. The summed E-state index contributed by atoms with van der Waals surface area (Å²) in [6, 6.07) is 2.24. The predicted octanol–water partition coefficient (Wildman–Crippen LogP) is 1.66. The number of aryl methyl sites for hydroxylation is 1. The van der Waals surface area contributed by atoms with Crippen molar-refractivity contribution in [3.63, 3.8) is 0 Å². The van der Waals surface area contributed by atoms with Gasteiger partial charge in [0, 0.05) is 31.6 Å². The first-order chi connectivity index (χ1) is 8.15. The first-order valence-corrected chi connectivity index (χ1v) is 6.24. The van der Waals surface area contributed by atoms with Crippen LogP contribution >= 0.6 is 0 Å². The molecule has 2 unspecified atom stereocenters. The smallest absolute Gasteiger partial charge is 0.257 e. The van der Waals surface area contributed by atoms with Gasteiger partial charge in [-0.05, 0) is 19.9 Å². The molecule has 1 aromatic heterocycles. The maximum atomic E-state index is 12.5. The minimum atomic E-state index is 0.0945. The summed E-state index contributed by atoms with van der Waals surface area (Å²) in [5.74, 6) is 0.880. The van der Waals surface area contributed by atoms with Gasteiger partial charge in [0.15, 0.2) is 0 Å². The van der Waals surface area contributed by atoms with Gasteiger partial charge in [-0.3, -0.25) is 4.79 Å². The van der Waals surface area contributed by atoms with Crippen LogP contribution in [0.2, 0.25) is 0 Å². The van der Waals surface area contributed by atoms with E-state index >= 15 is 0 Å². The van der Waals surface area contributed by atoms with Crippen LogP contribution in [0.15, 0.2) is 16.7 Å². The molecule has 0 bridgehead atoms. The van der Waals surface area contributed by atoms with Crippen LogP contribution in [0.25, 0.3) is 0 Å². The normalized spacial score (nSPS) is 25.0. The summed E-state index contributed by atoms with van der Waals surface area (Å²) < 4.78 is 5.33. The number of carbonyl (C=O) groups excluding carboxylic acids is 1. The van der Waals surface area contributed by atoms with Crippen molar-refractivity contribution in [2.75, 3.05) is 13.1 Å². The molecular weight excluding hydrogens is 216 g/mol.